The highest BCUT2D eigenvalue weighted by atomic mass is 32.2. The predicted octanol–water partition coefficient (Wildman–Crippen LogP) is 3.22. The summed E-state index contributed by atoms with van der Waals surface area (Å²) in [4.78, 5) is 25.7. The average Bonchev–Trinajstić information content (AvgIpc) is 3.47. The molecule has 0 aromatic heterocycles. The van der Waals surface area contributed by atoms with Crippen molar-refractivity contribution in [1.82, 2.24) is 10.8 Å². The van der Waals surface area contributed by atoms with Crippen LogP contribution in [0.1, 0.15) is 44.1 Å². The van der Waals surface area contributed by atoms with Gasteiger partial charge in [-0.15, -0.1) is 0 Å². The Kier molecular flexibility index (Phi) is 11.7. The molecule has 6 N–H and O–H groups in total. The SMILES string of the molecule is NCCCCB(O)ONC(=O)C1(C(=O)NCc2ccc3ccccc3c2)CCCC1.O=S(=O)(O)c1ccccc1. The molecule has 12 heteroatoms. The Morgan fingerprint density at radius 1 is 0.925 bits per heavy atom. The minimum Gasteiger partial charge on any atom is -0.426 e. The van der Waals surface area contributed by atoms with E-state index in [1.165, 1.54) is 12.1 Å². The number of hydroxylamine groups is 1. The lowest BCUT2D eigenvalue weighted by atomic mass is 9.82. The summed E-state index contributed by atoms with van der Waals surface area (Å²) in [5, 5.41) is 15.0. The molecule has 1 saturated carbocycles. The highest BCUT2D eigenvalue weighted by Gasteiger charge is 2.48. The summed E-state index contributed by atoms with van der Waals surface area (Å²) in [6.45, 7) is 0.890. The standard InChI is InChI=1S/C22H30BN3O4.C6H6O3S/c24-14-6-5-13-23(29)30-26-21(28)22(11-3-4-12-22)20(27)25-16-17-9-10-18-7-1-2-8-19(18)15-17;7-10(8,9)6-4-2-1-3-5-6/h1-2,7-10,15,29H,3-6,11-14,16,24H2,(H,25,27)(H,26,28);1-5H,(H,7,8,9). The van der Waals surface area contributed by atoms with Gasteiger partial charge in [0.1, 0.15) is 5.41 Å². The van der Waals surface area contributed by atoms with Gasteiger partial charge in [0.25, 0.3) is 16.0 Å². The van der Waals surface area contributed by atoms with Crippen LogP contribution in [-0.2, 0) is 31.0 Å². The van der Waals surface area contributed by atoms with E-state index in [0.29, 0.717) is 38.7 Å². The summed E-state index contributed by atoms with van der Waals surface area (Å²) in [6.07, 6.45) is 4.38. The second kappa shape index (κ2) is 14.9. The summed E-state index contributed by atoms with van der Waals surface area (Å²) in [7, 11) is -5.11. The molecule has 0 heterocycles. The topological polar surface area (TPSA) is 168 Å². The molecule has 2 amide bonds. The zero-order chi connectivity index (χ0) is 29.0. The molecule has 214 valence electrons. The van der Waals surface area contributed by atoms with Gasteiger partial charge in [0.05, 0.1) is 4.90 Å². The molecule has 3 aromatic carbocycles. The first-order valence-electron chi connectivity index (χ1n) is 13.3. The number of hydrogen-bond donors (Lipinski definition) is 5. The number of hydrogen-bond acceptors (Lipinski definition) is 7. The van der Waals surface area contributed by atoms with Gasteiger partial charge in [0.2, 0.25) is 5.91 Å². The van der Waals surface area contributed by atoms with E-state index >= 15 is 0 Å². The van der Waals surface area contributed by atoms with Crippen LogP contribution in [0.2, 0.25) is 6.32 Å². The number of fused-ring (bicyclic) bond motifs is 1. The second-order valence-corrected chi connectivity index (χ2v) is 11.2. The van der Waals surface area contributed by atoms with Gasteiger partial charge in [-0.2, -0.15) is 8.42 Å². The maximum Gasteiger partial charge on any atom is 0.479 e. The number of nitrogens with two attached hydrogens (primary N) is 1. The van der Waals surface area contributed by atoms with Gasteiger partial charge in [-0.3, -0.25) is 18.9 Å². The summed E-state index contributed by atoms with van der Waals surface area (Å²) >= 11 is 0. The molecule has 40 heavy (non-hydrogen) atoms. The molecule has 0 bridgehead atoms. The predicted molar refractivity (Wildman–Crippen MR) is 153 cm³/mol. The first-order chi connectivity index (χ1) is 19.2. The Bertz CT molecular complexity index is 1370. The lowest BCUT2D eigenvalue weighted by Crippen LogP contribution is -2.50. The third kappa shape index (κ3) is 8.87. The van der Waals surface area contributed by atoms with Crippen LogP contribution in [0, 0.1) is 5.41 Å². The number of rotatable bonds is 11. The van der Waals surface area contributed by atoms with Crippen LogP contribution >= 0.6 is 0 Å². The fourth-order valence-corrected chi connectivity index (χ4v) is 5.07. The lowest BCUT2D eigenvalue weighted by Gasteiger charge is -2.26. The minimum absolute atomic E-state index is 0.0741. The smallest absolute Gasteiger partial charge is 0.426 e. The summed E-state index contributed by atoms with van der Waals surface area (Å²) in [5.41, 5.74) is 7.56. The van der Waals surface area contributed by atoms with E-state index < -0.39 is 28.6 Å². The van der Waals surface area contributed by atoms with Crippen LogP contribution in [0.5, 0.6) is 0 Å². The van der Waals surface area contributed by atoms with Crippen LogP contribution in [-0.4, -0.2) is 43.5 Å². The van der Waals surface area contributed by atoms with Crippen LogP contribution in [0.15, 0.2) is 77.7 Å². The molecule has 1 fully saturated rings. The fourth-order valence-electron chi connectivity index (χ4n) is 4.57. The van der Waals surface area contributed by atoms with E-state index in [0.717, 1.165) is 35.6 Å². The zero-order valence-corrected chi connectivity index (χ0v) is 23.1. The fraction of sp³-hybridized carbons (Fsp3) is 0.357. The third-order valence-corrected chi connectivity index (χ3v) is 7.70. The van der Waals surface area contributed by atoms with Crippen LogP contribution in [0.4, 0.5) is 0 Å². The Labute approximate surface area is 235 Å². The van der Waals surface area contributed by atoms with Crippen molar-refractivity contribution in [3.05, 3.63) is 78.4 Å². The molecule has 1 aliphatic carbocycles. The molecule has 0 aliphatic heterocycles. The van der Waals surface area contributed by atoms with Gasteiger partial charge in [-0.05, 0) is 66.7 Å². The Morgan fingerprint density at radius 3 is 2.20 bits per heavy atom. The van der Waals surface area contributed by atoms with E-state index in [4.69, 9.17) is 15.0 Å². The van der Waals surface area contributed by atoms with Crippen molar-refractivity contribution in [3.63, 3.8) is 0 Å². The van der Waals surface area contributed by atoms with Crippen LogP contribution < -0.4 is 16.5 Å². The molecule has 0 unspecified atom stereocenters. The van der Waals surface area contributed by atoms with Crippen molar-refractivity contribution in [2.24, 2.45) is 11.1 Å². The molecular formula is C28H36BN3O7S. The molecule has 4 rings (SSSR count). The van der Waals surface area contributed by atoms with E-state index in [9.17, 15) is 23.0 Å². The zero-order valence-electron chi connectivity index (χ0n) is 22.3. The number of benzene rings is 3. The number of carbonyl (C=O) groups is 2. The average molecular weight is 569 g/mol. The highest BCUT2D eigenvalue weighted by Crippen LogP contribution is 2.38. The Balaban J connectivity index is 0.000000371. The summed E-state index contributed by atoms with van der Waals surface area (Å²) in [6, 6.07) is 21.5. The molecule has 0 atom stereocenters. The van der Waals surface area contributed by atoms with Crippen LogP contribution in [0.25, 0.3) is 10.8 Å². The quantitative estimate of drug-likeness (QED) is 0.0771. The monoisotopic (exact) mass is 569 g/mol. The molecular weight excluding hydrogens is 533 g/mol. The van der Waals surface area contributed by atoms with Crippen molar-refractivity contribution in [2.45, 2.75) is 56.3 Å². The van der Waals surface area contributed by atoms with E-state index in [1.807, 2.05) is 42.5 Å². The maximum absolute atomic E-state index is 13.0. The number of nitrogens with one attached hydrogen (secondary N) is 2. The molecule has 0 saturated heterocycles. The van der Waals surface area contributed by atoms with Crippen LogP contribution in [0.3, 0.4) is 0 Å². The summed E-state index contributed by atoms with van der Waals surface area (Å²) in [5.74, 6) is -0.791. The molecule has 3 aromatic rings. The molecule has 0 spiro atoms. The first kappa shape index (κ1) is 31.2. The van der Waals surface area contributed by atoms with Gasteiger partial charge >= 0.3 is 7.12 Å². The van der Waals surface area contributed by atoms with Gasteiger partial charge in [0.15, 0.2) is 0 Å². The van der Waals surface area contributed by atoms with Crippen molar-refractivity contribution in [3.8, 4) is 0 Å². The van der Waals surface area contributed by atoms with Gasteiger partial charge in [-0.25, -0.2) is 5.48 Å². The molecule has 10 nitrogen and oxygen atoms in total. The van der Waals surface area contributed by atoms with Gasteiger partial charge < -0.3 is 16.1 Å². The van der Waals surface area contributed by atoms with Crippen molar-refractivity contribution in [2.75, 3.05) is 6.54 Å². The Hall–Kier alpha value is -3.29. The van der Waals surface area contributed by atoms with Crippen molar-refractivity contribution in [1.29, 1.82) is 0 Å². The highest BCUT2D eigenvalue weighted by molar-refractivity contribution is 7.85. The number of unbranched alkanes of at least 4 members (excludes halogenated alkanes) is 1. The maximum atomic E-state index is 13.0. The molecule has 1 aliphatic rings. The van der Waals surface area contributed by atoms with Gasteiger partial charge in [0, 0.05) is 6.54 Å². The third-order valence-electron chi connectivity index (χ3n) is 6.83. The number of amides is 2. The van der Waals surface area contributed by atoms with Gasteiger partial charge in [-0.1, -0.05) is 73.9 Å². The summed E-state index contributed by atoms with van der Waals surface area (Å²) < 4.78 is 34.3. The number of carbonyl (C=O) groups excluding carboxylic acids is 2. The van der Waals surface area contributed by atoms with Crippen molar-refractivity contribution < 1.29 is 32.3 Å². The normalized spacial score (nSPS) is 14.2. The molecule has 0 radical (unpaired) electrons. The Morgan fingerprint density at radius 2 is 1.57 bits per heavy atom. The first-order valence-corrected chi connectivity index (χ1v) is 14.7. The minimum atomic E-state index is -4.00. The lowest BCUT2D eigenvalue weighted by molar-refractivity contribution is -0.148. The second-order valence-electron chi connectivity index (χ2n) is 9.73. The van der Waals surface area contributed by atoms with E-state index in [2.05, 4.69) is 10.8 Å². The van der Waals surface area contributed by atoms with Crippen molar-refractivity contribution >= 4 is 39.8 Å². The van der Waals surface area contributed by atoms with E-state index in [1.54, 1.807) is 18.2 Å². The van der Waals surface area contributed by atoms with E-state index in [-0.39, 0.29) is 10.8 Å². The largest absolute Gasteiger partial charge is 0.479 e.